The van der Waals surface area contributed by atoms with E-state index in [9.17, 15) is 10.1 Å². The molecular weight excluding hydrogens is 558 g/mol. The number of halogens is 2. The van der Waals surface area contributed by atoms with E-state index in [4.69, 9.17) is 5.10 Å². The van der Waals surface area contributed by atoms with Crippen LogP contribution >= 0.6 is 31.9 Å². The van der Waals surface area contributed by atoms with Crippen molar-refractivity contribution in [3.63, 3.8) is 0 Å². The first-order valence-corrected chi connectivity index (χ1v) is 12.6. The normalized spacial score (nSPS) is 11.6. The largest absolute Gasteiger partial charge is 0.275 e. The van der Waals surface area contributed by atoms with Gasteiger partial charge in [-0.2, -0.15) is 5.10 Å². The number of alkyl halides is 1. The van der Waals surface area contributed by atoms with E-state index in [-0.39, 0.29) is 10.6 Å². The molecule has 0 radical (unpaired) electrons. The van der Waals surface area contributed by atoms with Crippen molar-refractivity contribution >= 4 is 48.5 Å². The molecule has 0 aliphatic rings. The van der Waals surface area contributed by atoms with Gasteiger partial charge in [-0.05, 0) is 38.7 Å². The van der Waals surface area contributed by atoms with Crippen molar-refractivity contribution in [3.05, 3.63) is 140 Å². The number of nitro benzene ring substituents is 1. The number of benzene rings is 4. The Bertz CT molecular complexity index is 1370. The van der Waals surface area contributed by atoms with Gasteiger partial charge in [0.05, 0.1) is 10.4 Å². The molecule has 4 aromatic carbocycles. The molecule has 0 spiro atoms. The molecule has 0 fully saturated rings. The number of rotatable bonds is 6. The van der Waals surface area contributed by atoms with Gasteiger partial charge in [0.25, 0.3) is 5.69 Å². The van der Waals surface area contributed by atoms with E-state index in [0.29, 0.717) is 21.0 Å². The summed E-state index contributed by atoms with van der Waals surface area (Å²) in [6.07, 6.45) is 0. The third-order valence-corrected chi connectivity index (χ3v) is 7.26. The first kappa shape index (κ1) is 22.5. The molecule has 5 nitrogen and oxygen atoms in total. The molecule has 5 aromatic rings. The molecule has 0 aliphatic carbocycles. The Labute approximate surface area is 213 Å². The van der Waals surface area contributed by atoms with Gasteiger partial charge in [-0.15, -0.1) is 0 Å². The Morgan fingerprint density at radius 3 is 1.71 bits per heavy atom. The van der Waals surface area contributed by atoms with Gasteiger partial charge in [0.15, 0.2) is 0 Å². The fourth-order valence-electron chi connectivity index (χ4n) is 4.60. The van der Waals surface area contributed by atoms with Crippen LogP contribution in [0.15, 0.2) is 108 Å². The Hall–Kier alpha value is -3.29. The number of aromatic nitrogens is 2. The van der Waals surface area contributed by atoms with E-state index in [1.807, 2.05) is 65.3 Å². The van der Waals surface area contributed by atoms with Crippen molar-refractivity contribution in [1.82, 2.24) is 9.78 Å². The molecule has 0 N–H and O–H groups in total. The zero-order valence-electron chi connectivity index (χ0n) is 17.9. The molecule has 0 aliphatic heterocycles. The van der Waals surface area contributed by atoms with Gasteiger partial charge in [-0.25, -0.2) is 4.68 Å². The molecule has 168 valence electrons. The number of fused-ring (bicyclic) bond motifs is 1. The van der Waals surface area contributed by atoms with Crippen molar-refractivity contribution in [2.45, 2.75) is 10.9 Å². The second-order valence-electron chi connectivity index (χ2n) is 7.90. The summed E-state index contributed by atoms with van der Waals surface area (Å²) in [4.78, 5) is 11.6. The summed E-state index contributed by atoms with van der Waals surface area (Å²) in [5.74, 6) is 0. The quantitative estimate of drug-likeness (QED) is 0.0913. The average Bonchev–Trinajstić information content (AvgIpc) is 3.21. The van der Waals surface area contributed by atoms with E-state index in [2.05, 4.69) is 68.3 Å². The van der Waals surface area contributed by atoms with Crippen molar-refractivity contribution in [2.24, 2.45) is 0 Å². The molecule has 0 saturated heterocycles. The third kappa shape index (κ3) is 3.56. The minimum Gasteiger partial charge on any atom is -0.258 e. The summed E-state index contributed by atoms with van der Waals surface area (Å²) in [7, 11) is 0. The predicted octanol–water partition coefficient (Wildman–Crippen LogP) is 7.44. The summed E-state index contributed by atoms with van der Waals surface area (Å²) >= 11 is 7.03. The van der Waals surface area contributed by atoms with Crippen LogP contribution in [0.2, 0.25) is 0 Å². The third-order valence-electron chi connectivity index (χ3n) is 6.07. The van der Waals surface area contributed by atoms with Crippen LogP contribution in [0.4, 0.5) is 5.69 Å². The molecule has 0 unspecified atom stereocenters. The molecule has 1 aromatic heterocycles. The molecule has 0 atom stereocenters. The molecule has 0 amide bonds. The van der Waals surface area contributed by atoms with E-state index >= 15 is 0 Å². The van der Waals surface area contributed by atoms with Crippen LogP contribution in [0.5, 0.6) is 0 Å². The maximum absolute atomic E-state index is 11.9. The van der Waals surface area contributed by atoms with Gasteiger partial charge in [-0.1, -0.05) is 107 Å². The minimum atomic E-state index is -0.863. The van der Waals surface area contributed by atoms with Gasteiger partial charge < -0.3 is 0 Å². The van der Waals surface area contributed by atoms with Crippen LogP contribution < -0.4 is 0 Å². The maximum atomic E-state index is 11.9. The van der Waals surface area contributed by atoms with Gasteiger partial charge in [0, 0.05) is 22.3 Å². The van der Waals surface area contributed by atoms with E-state index in [0.717, 1.165) is 22.1 Å². The van der Waals surface area contributed by atoms with Crippen LogP contribution in [-0.4, -0.2) is 14.7 Å². The van der Waals surface area contributed by atoms with Crippen LogP contribution in [0.3, 0.4) is 0 Å². The zero-order valence-corrected chi connectivity index (χ0v) is 21.1. The first-order chi connectivity index (χ1) is 16.6. The van der Waals surface area contributed by atoms with Gasteiger partial charge in [0.1, 0.15) is 10.1 Å². The Morgan fingerprint density at radius 1 is 0.824 bits per heavy atom. The molecule has 5 rings (SSSR count). The summed E-state index contributed by atoms with van der Waals surface area (Å²) in [6.45, 7) is 0. The average molecular weight is 577 g/mol. The lowest BCUT2D eigenvalue weighted by molar-refractivity contribution is -0.385. The maximum Gasteiger partial charge on any atom is 0.275 e. The molecule has 7 heteroatoms. The Morgan fingerprint density at radius 2 is 1.29 bits per heavy atom. The number of hydrogen-bond donors (Lipinski definition) is 0. The van der Waals surface area contributed by atoms with Crippen LogP contribution in [0, 0.1) is 10.1 Å². The van der Waals surface area contributed by atoms with Gasteiger partial charge in [0.2, 0.25) is 0 Å². The topological polar surface area (TPSA) is 61.0 Å². The Kier molecular flexibility index (Phi) is 6.06. The second-order valence-corrected chi connectivity index (χ2v) is 9.21. The monoisotopic (exact) mass is 575 g/mol. The van der Waals surface area contributed by atoms with Gasteiger partial charge in [-0.3, -0.25) is 10.1 Å². The first-order valence-electron chi connectivity index (χ1n) is 10.7. The van der Waals surface area contributed by atoms with Crippen LogP contribution in [0.1, 0.15) is 22.3 Å². The fraction of sp³-hybridized carbons (Fsp3) is 0.0741. The highest BCUT2D eigenvalue weighted by atomic mass is 79.9. The standard InChI is InChI=1S/C27H19Br2N3O2/c28-18-19-16-23-25(17-24(19)32(33)34)31(30-26(23)29)27(20-10-4-1-5-11-20,21-12-6-2-7-13-21)22-14-8-3-9-15-22/h1-17H,18H2. The Balaban J connectivity index is 1.99. The molecule has 34 heavy (non-hydrogen) atoms. The number of nitro groups is 1. The summed E-state index contributed by atoms with van der Waals surface area (Å²) in [6, 6.07) is 33.9. The SMILES string of the molecule is O=[N+]([O-])c1cc2c(cc1CBr)c(Br)nn2C(c1ccccc1)(c1ccccc1)c1ccccc1. The molecular formula is C27H19Br2N3O2. The van der Waals surface area contributed by atoms with Crippen molar-refractivity contribution in [3.8, 4) is 0 Å². The fourth-order valence-corrected chi connectivity index (χ4v) is 5.52. The van der Waals surface area contributed by atoms with Crippen molar-refractivity contribution in [2.75, 3.05) is 0 Å². The van der Waals surface area contributed by atoms with E-state index in [1.165, 1.54) is 0 Å². The lowest BCUT2D eigenvalue weighted by Crippen LogP contribution is -2.38. The highest BCUT2D eigenvalue weighted by Crippen LogP contribution is 2.44. The van der Waals surface area contributed by atoms with E-state index < -0.39 is 5.54 Å². The minimum absolute atomic E-state index is 0.0566. The van der Waals surface area contributed by atoms with E-state index in [1.54, 1.807) is 6.07 Å². The number of nitrogens with zero attached hydrogens (tertiary/aromatic N) is 3. The molecule has 1 heterocycles. The lowest BCUT2D eigenvalue weighted by Gasteiger charge is -2.37. The molecule has 0 bridgehead atoms. The van der Waals surface area contributed by atoms with Crippen molar-refractivity contribution < 1.29 is 4.92 Å². The number of hydrogen-bond acceptors (Lipinski definition) is 3. The summed E-state index contributed by atoms with van der Waals surface area (Å²) in [5.41, 5.74) is 3.45. The molecule has 0 saturated carbocycles. The predicted molar refractivity (Wildman–Crippen MR) is 141 cm³/mol. The lowest BCUT2D eigenvalue weighted by atomic mass is 9.77. The second kappa shape index (κ2) is 9.16. The highest BCUT2D eigenvalue weighted by molar-refractivity contribution is 9.10. The highest BCUT2D eigenvalue weighted by Gasteiger charge is 2.41. The smallest absolute Gasteiger partial charge is 0.258 e. The van der Waals surface area contributed by atoms with Crippen LogP contribution in [-0.2, 0) is 10.9 Å². The zero-order chi connectivity index (χ0) is 23.7. The van der Waals surface area contributed by atoms with Crippen LogP contribution in [0.25, 0.3) is 10.9 Å². The van der Waals surface area contributed by atoms with Gasteiger partial charge >= 0.3 is 0 Å². The van der Waals surface area contributed by atoms with Crippen molar-refractivity contribution in [1.29, 1.82) is 0 Å². The summed E-state index contributed by atoms with van der Waals surface area (Å²) in [5, 5.41) is 18.1. The summed E-state index contributed by atoms with van der Waals surface area (Å²) < 4.78 is 2.55.